The van der Waals surface area contributed by atoms with Crippen LogP contribution < -0.4 is 5.32 Å². The van der Waals surface area contributed by atoms with E-state index in [-0.39, 0.29) is 5.91 Å². The molecule has 4 nitrogen and oxygen atoms in total. The minimum atomic E-state index is -0.196. The quantitative estimate of drug-likeness (QED) is 0.911. The van der Waals surface area contributed by atoms with Crippen molar-refractivity contribution in [3.05, 3.63) is 57.3 Å². The molecule has 0 saturated carbocycles. The molecule has 2 heterocycles. The Hall–Kier alpha value is -1.62. The molecule has 6 heteroatoms. The SMILES string of the molecule is CN1CCc2c(cncc2C(=O)Nc2ccc(Cl)cc2Cl)C1. The van der Waals surface area contributed by atoms with Gasteiger partial charge in [-0.3, -0.25) is 9.78 Å². The van der Waals surface area contributed by atoms with E-state index in [0.717, 1.165) is 30.6 Å². The topological polar surface area (TPSA) is 45.2 Å². The van der Waals surface area contributed by atoms with Crippen molar-refractivity contribution in [3.8, 4) is 0 Å². The van der Waals surface area contributed by atoms with Crippen molar-refractivity contribution >= 4 is 34.8 Å². The first-order valence-corrected chi connectivity index (χ1v) is 7.71. The third-order valence-electron chi connectivity index (χ3n) is 3.75. The van der Waals surface area contributed by atoms with Gasteiger partial charge in [0, 0.05) is 30.5 Å². The molecule has 0 unspecified atom stereocenters. The van der Waals surface area contributed by atoms with Gasteiger partial charge in [-0.15, -0.1) is 0 Å². The van der Waals surface area contributed by atoms with Crippen LogP contribution in [-0.4, -0.2) is 29.4 Å². The van der Waals surface area contributed by atoms with Gasteiger partial charge >= 0.3 is 0 Å². The number of pyridine rings is 1. The van der Waals surface area contributed by atoms with Gasteiger partial charge in [0.05, 0.1) is 16.3 Å². The van der Waals surface area contributed by atoms with Gasteiger partial charge in [-0.2, -0.15) is 0 Å². The summed E-state index contributed by atoms with van der Waals surface area (Å²) in [6.07, 6.45) is 4.28. The van der Waals surface area contributed by atoms with Crippen LogP contribution in [0.4, 0.5) is 5.69 Å². The van der Waals surface area contributed by atoms with Gasteiger partial charge in [-0.25, -0.2) is 0 Å². The maximum atomic E-state index is 12.5. The second-order valence-electron chi connectivity index (χ2n) is 5.39. The van der Waals surface area contributed by atoms with Crippen LogP contribution in [0.15, 0.2) is 30.6 Å². The molecule has 0 radical (unpaired) electrons. The molecule has 1 aliphatic heterocycles. The molecule has 1 aromatic heterocycles. The monoisotopic (exact) mass is 335 g/mol. The van der Waals surface area contributed by atoms with E-state index in [1.165, 1.54) is 0 Å². The lowest BCUT2D eigenvalue weighted by Crippen LogP contribution is -2.29. The number of amides is 1. The molecule has 3 rings (SSSR count). The average molecular weight is 336 g/mol. The molecule has 0 aliphatic carbocycles. The van der Waals surface area contributed by atoms with E-state index in [4.69, 9.17) is 23.2 Å². The summed E-state index contributed by atoms with van der Waals surface area (Å²) in [6, 6.07) is 4.99. The van der Waals surface area contributed by atoms with Gasteiger partial charge in [-0.05, 0) is 42.8 Å². The molecule has 0 atom stereocenters. The first kappa shape index (κ1) is 15.3. The Labute approximate surface area is 139 Å². The highest BCUT2D eigenvalue weighted by Crippen LogP contribution is 2.27. The Balaban J connectivity index is 1.88. The van der Waals surface area contributed by atoms with Gasteiger partial charge < -0.3 is 10.2 Å². The van der Waals surface area contributed by atoms with Crippen molar-refractivity contribution < 1.29 is 4.79 Å². The molecular weight excluding hydrogens is 321 g/mol. The second kappa shape index (κ2) is 6.24. The van der Waals surface area contributed by atoms with E-state index in [2.05, 4.69) is 22.2 Å². The average Bonchev–Trinajstić information content (AvgIpc) is 2.49. The molecule has 1 amide bonds. The summed E-state index contributed by atoms with van der Waals surface area (Å²) in [7, 11) is 2.06. The third-order valence-corrected chi connectivity index (χ3v) is 4.30. The van der Waals surface area contributed by atoms with Crippen LogP contribution in [0.25, 0.3) is 0 Å². The van der Waals surface area contributed by atoms with E-state index >= 15 is 0 Å². The zero-order chi connectivity index (χ0) is 15.7. The third kappa shape index (κ3) is 3.09. The number of halogens is 2. The molecule has 0 fully saturated rings. The van der Waals surface area contributed by atoms with Crippen LogP contribution in [0.1, 0.15) is 21.5 Å². The minimum absolute atomic E-state index is 0.196. The Morgan fingerprint density at radius 3 is 2.91 bits per heavy atom. The number of rotatable bonds is 2. The van der Waals surface area contributed by atoms with Crippen LogP contribution in [0.2, 0.25) is 10.0 Å². The first-order chi connectivity index (χ1) is 10.5. The number of nitrogens with zero attached hydrogens (tertiary/aromatic N) is 2. The molecule has 1 N–H and O–H groups in total. The molecular formula is C16H15Cl2N3O. The smallest absolute Gasteiger partial charge is 0.257 e. The Morgan fingerprint density at radius 2 is 2.14 bits per heavy atom. The van der Waals surface area contributed by atoms with Crippen molar-refractivity contribution in [2.24, 2.45) is 0 Å². The molecule has 2 aromatic rings. The fraction of sp³-hybridized carbons (Fsp3) is 0.250. The summed E-state index contributed by atoms with van der Waals surface area (Å²) in [4.78, 5) is 18.9. The van der Waals surface area contributed by atoms with Gasteiger partial charge in [0.25, 0.3) is 5.91 Å². The molecule has 22 heavy (non-hydrogen) atoms. The fourth-order valence-corrected chi connectivity index (χ4v) is 3.07. The van der Waals surface area contributed by atoms with Crippen LogP contribution >= 0.6 is 23.2 Å². The second-order valence-corrected chi connectivity index (χ2v) is 6.23. The van der Waals surface area contributed by atoms with Crippen LogP contribution in [0, 0.1) is 0 Å². The Morgan fingerprint density at radius 1 is 1.32 bits per heavy atom. The van der Waals surface area contributed by atoms with Crippen LogP contribution in [-0.2, 0) is 13.0 Å². The maximum absolute atomic E-state index is 12.5. The standard InChI is InChI=1S/C16H15Cl2N3O/c1-21-5-4-12-10(9-21)7-19-8-13(12)16(22)20-15-3-2-11(17)6-14(15)18/h2-3,6-8H,4-5,9H2,1H3,(H,20,22). The van der Waals surface area contributed by atoms with Crippen molar-refractivity contribution in [1.82, 2.24) is 9.88 Å². The molecule has 0 spiro atoms. The zero-order valence-electron chi connectivity index (χ0n) is 12.1. The number of hydrogen-bond donors (Lipinski definition) is 1. The molecule has 0 saturated heterocycles. The predicted molar refractivity (Wildman–Crippen MR) is 88.7 cm³/mol. The number of fused-ring (bicyclic) bond motifs is 1. The highest BCUT2D eigenvalue weighted by molar-refractivity contribution is 6.36. The summed E-state index contributed by atoms with van der Waals surface area (Å²) in [5.74, 6) is -0.196. The Kier molecular flexibility index (Phi) is 4.34. The molecule has 1 aliphatic rings. The van der Waals surface area contributed by atoms with E-state index in [9.17, 15) is 4.79 Å². The van der Waals surface area contributed by atoms with Gasteiger partial charge in [0.1, 0.15) is 0 Å². The predicted octanol–water partition coefficient (Wildman–Crippen LogP) is 3.63. The first-order valence-electron chi connectivity index (χ1n) is 6.95. The number of carbonyl (C=O) groups is 1. The summed E-state index contributed by atoms with van der Waals surface area (Å²) >= 11 is 12.0. The molecule has 114 valence electrons. The van der Waals surface area contributed by atoms with Crippen LogP contribution in [0.3, 0.4) is 0 Å². The number of nitrogens with one attached hydrogen (secondary N) is 1. The van der Waals surface area contributed by atoms with Gasteiger partial charge in [0.2, 0.25) is 0 Å². The van der Waals surface area contributed by atoms with E-state index in [1.807, 2.05) is 6.20 Å². The number of benzene rings is 1. The Bertz CT molecular complexity index is 733. The largest absolute Gasteiger partial charge is 0.321 e. The lowest BCUT2D eigenvalue weighted by molar-refractivity contribution is 0.102. The lowest BCUT2D eigenvalue weighted by atomic mass is 9.97. The van der Waals surface area contributed by atoms with E-state index in [1.54, 1.807) is 24.4 Å². The number of likely N-dealkylation sites (N-methyl/N-ethyl adjacent to an activating group) is 1. The normalized spacial score (nSPS) is 14.5. The molecule has 1 aromatic carbocycles. The highest BCUT2D eigenvalue weighted by Gasteiger charge is 2.20. The van der Waals surface area contributed by atoms with Crippen molar-refractivity contribution in [3.63, 3.8) is 0 Å². The summed E-state index contributed by atoms with van der Waals surface area (Å²) in [5.41, 5.74) is 3.32. The number of anilines is 1. The van der Waals surface area contributed by atoms with Crippen molar-refractivity contribution in [2.75, 3.05) is 18.9 Å². The number of aromatic nitrogens is 1. The van der Waals surface area contributed by atoms with Gasteiger partial charge in [-0.1, -0.05) is 23.2 Å². The molecule has 0 bridgehead atoms. The minimum Gasteiger partial charge on any atom is -0.321 e. The summed E-state index contributed by atoms with van der Waals surface area (Å²) < 4.78 is 0. The fourth-order valence-electron chi connectivity index (χ4n) is 2.61. The lowest BCUT2D eigenvalue weighted by Gasteiger charge is -2.26. The number of carbonyl (C=O) groups excluding carboxylic acids is 1. The number of hydrogen-bond acceptors (Lipinski definition) is 3. The van der Waals surface area contributed by atoms with Crippen molar-refractivity contribution in [2.45, 2.75) is 13.0 Å². The van der Waals surface area contributed by atoms with Gasteiger partial charge in [0.15, 0.2) is 0 Å². The van der Waals surface area contributed by atoms with Crippen molar-refractivity contribution in [1.29, 1.82) is 0 Å². The van der Waals surface area contributed by atoms with E-state index < -0.39 is 0 Å². The summed E-state index contributed by atoms with van der Waals surface area (Å²) in [5, 5.41) is 3.78. The maximum Gasteiger partial charge on any atom is 0.257 e. The zero-order valence-corrected chi connectivity index (χ0v) is 13.6. The highest BCUT2D eigenvalue weighted by atomic mass is 35.5. The van der Waals surface area contributed by atoms with E-state index in [0.29, 0.717) is 21.3 Å². The summed E-state index contributed by atoms with van der Waals surface area (Å²) in [6.45, 7) is 1.74. The van der Waals surface area contributed by atoms with Crippen LogP contribution in [0.5, 0.6) is 0 Å².